The van der Waals surface area contributed by atoms with Crippen LogP contribution in [0.2, 0.25) is 5.02 Å². The first-order valence-electron chi connectivity index (χ1n) is 7.56. The Kier molecular flexibility index (Phi) is 5.00. The highest BCUT2D eigenvalue weighted by Gasteiger charge is 2.11. The van der Waals surface area contributed by atoms with Crippen molar-refractivity contribution in [3.05, 3.63) is 70.8 Å². The van der Waals surface area contributed by atoms with Crippen LogP contribution in [0.3, 0.4) is 0 Å². The normalized spacial score (nSPS) is 10.5. The van der Waals surface area contributed by atoms with Crippen LogP contribution in [0.25, 0.3) is 0 Å². The molecule has 0 spiro atoms. The van der Waals surface area contributed by atoms with Gasteiger partial charge in [-0.05, 0) is 48.4 Å². The summed E-state index contributed by atoms with van der Waals surface area (Å²) in [6.07, 6.45) is 1.36. The second-order valence-electron chi connectivity index (χ2n) is 5.43. The molecule has 0 saturated carbocycles. The van der Waals surface area contributed by atoms with E-state index in [4.69, 9.17) is 22.1 Å². The lowest BCUT2D eigenvalue weighted by atomic mass is 10.2. The molecule has 25 heavy (non-hydrogen) atoms. The number of benzene rings is 2. The summed E-state index contributed by atoms with van der Waals surface area (Å²) in [5, 5.41) is 3.75. The molecule has 128 valence electrons. The Morgan fingerprint density at radius 2 is 1.92 bits per heavy atom. The standard InChI is InChI=1S/C18H16ClFN4O/c1-11-8-14(6-7-15(11)19)25-18-16(21)17(23-10-24-18)22-9-12-2-4-13(20)5-3-12/h2-8,10H,9,21H2,1H3,(H,22,23,24). The number of aryl methyl sites for hydroxylation is 1. The summed E-state index contributed by atoms with van der Waals surface area (Å²) in [4.78, 5) is 8.19. The smallest absolute Gasteiger partial charge is 0.248 e. The summed E-state index contributed by atoms with van der Waals surface area (Å²) < 4.78 is 18.7. The molecule has 0 amide bonds. The lowest BCUT2D eigenvalue weighted by molar-refractivity contribution is 0.464. The monoisotopic (exact) mass is 358 g/mol. The Hall–Kier alpha value is -2.86. The molecule has 0 fully saturated rings. The zero-order chi connectivity index (χ0) is 17.8. The summed E-state index contributed by atoms with van der Waals surface area (Å²) in [6, 6.07) is 11.5. The van der Waals surface area contributed by atoms with Gasteiger partial charge < -0.3 is 15.8 Å². The van der Waals surface area contributed by atoms with Gasteiger partial charge in [0.05, 0.1) is 0 Å². The summed E-state index contributed by atoms with van der Waals surface area (Å²) >= 11 is 6.01. The molecule has 0 saturated heterocycles. The van der Waals surface area contributed by atoms with Crippen LogP contribution in [-0.4, -0.2) is 9.97 Å². The van der Waals surface area contributed by atoms with E-state index < -0.39 is 0 Å². The van der Waals surface area contributed by atoms with Gasteiger partial charge in [-0.1, -0.05) is 23.7 Å². The van der Waals surface area contributed by atoms with Gasteiger partial charge in [0.2, 0.25) is 5.88 Å². The fourth-order valence-electron chi connectivity index (χ4n) is 2.18. The van der Waals surface area contributed by atoms with Gasteiger partial charge in [0, 0.05) is 11.6 Å². The SMILES string of the molecule is Cc1cc(Oc2ncnc(NCc3ccc(F)cc3)c2N)ccc1Cl. The van der Waals surface area contributed by atoms with E-state index in [0.29, 0.717) is 23.1 Å². The maximum atomic E-state index is 12.9. The predicted octanol–water partition coefficient (Wildman–Crippen LogP) is 4.56. The predicted molar refractivity (Wildman–Crippen MR) is 96.4 cm³/mol. The van der Waals surface area contributed by atoms with Crippen LogP contribution < -0.4 is 15.8 Å². The van der Waals surface area contributed by atoms with E-state index in [9.17, 15) is 4.39 Å². The van der Waals surface area contributed by atoms with Crippen molar-refractivity contribution in [2.45, 2.75) is 13.5 Å². The van der Waals surface area contributed by atoms with Crippen LogP contribution in [0, 0.1) is 12.7 Å². The summed E-state index contributed by atoms with van der Waals surface area (Å²) in [5.74, 6) is 0.995. The fraction of sp³-hybridized carbons (Fsp3) is 0.111. The van der Waals surface area contributed by atoms with Crippen molar-refractivity contribution >= 4 is 23.1 Å². The van der Waals surface area contributed by atoms with Gasteiger partial charge in [-0.25, -0.2) is 9.37 Å². The molecule has 3 N–H and O–H groups in total. The third-order valence-electron chi connectivity index (χ3n) is 3.56. The molecule has 3 aromatic rings. The first-order valence-corrected chi connectivity index (χ1v) is 7.93. The number of rotatable bonds is 5. The maximum absolute atomic E-state index is 12.9. The highest BCUT2D eigenvalue weighted by molar-refractivity contribution is 6.31. The lowest BCUT2D eigenvalue weighted by Gasteiger charge is -2.12. The van der Waals surface area contributed by atoms with E-state index in [0.717, 1.165) is 11.1 Å². The number of nitrogens with two attached hydrogens (primary N) is 1. The summed E-state index contributed by atoms with van der Waals surface area (Å²) in [5.41, 5.74) is 8.17. The van der Waals surface area contributed by atoms with Gasteiger partial charge in [-0.15, -0.1) is 0 Å². The Morgan fingerprint density at radius 1 is 1.16 bits per heavy atom. The number of anilines is 2. The molecule has 0 aliphatic rings. The van der Waals surface area contributed by atoms with E-state index in [2.05, 4.69) is 15.3 Å². The number of hydrogen-bond acceptors (Lipinski definition) is 5. The molecule has 1 aromatic heterocycles. The second kappa shape index (κ2) is 7.36. The van der Waals surface area contributed by atoms with Gasteiger partial charge in [-0.2, -0.15) is 4.98 Å². The number of nitrogen functional groups attached to an aromatic ring is 1. The van der Waals surface area contributed by atoms with Gasteiger partial charge in [0.25, 0.3) is 0 Å². The van der Waals surface area contributed by atoms with Gasteiger partial charge in [0.1, 0.15) is 23.6 Å². The van der Waals surface area contributed by atoms with Crippen LogP contribution >= 0.6 is 11.6 Å². The van der Waals surface area contributed by atoms with Crippen LogP contribution in [-0.2, 0) is 6.54 Å². The van der Waals surface area contributed by atoms with E-state index >= 15 is 0 Å². The zero-order valence-electron chi connectivity index (χ0n) is 13.5. The largest absolute Gasteiger partial charge is 0.437 e. The molecule has 5 nitrogen and oxygen atoms in total. The second-order valence-corrected chi connectivity index (χ2v) is 5.84. The van der Waals surface area contributed by atoms with Crippen molar-refractivity contribution in [3.8, 4) is 11.6 Å². The molecule has 0 radical (unpaired) electrons. The molecule has 0 aliphatic heterocycles. The van der Waals surface area contributed by atoms with Crippen molar-refractivity contribution in [1.29, 1.82) is 0 Å². The summed E-state index contributed by atoms with van der Waals surface area (Å²) in [6.45, 7) is 2.33. The van der Waals surface area contributed by atoms with Gasteiger partial charge >= 0.3 is 0 Å². The number of nitrogens with zero attached hydrogens (tertiary/aromatic N) is 2. The molecular weight excluding hydrogens is 343 g/mol. The minimum atomic E-state index is -0.278. The molecule has 7 heteroatoms. The van der Waals surface area contributed by atoms with E-state index in [1.54, 1.807) is 30.3 Å². The van der Waals surface area contributed by atoms with Crippen molar-refractivity contribution in [2.75, 3.05) is 11.1 Å². The number of halogens is 2. The topological polar surface area (TPSA) is 73.1 Å². The lowest BCUT2D eigenvalue weighted by Crippen LogP contribution is -2.06. The van der Waals surface area contributed by atoms with E-state index in [1.165, 1.54) is 18.5 Å². The highest BCUT2D eigenvalue weighted by Crippen LogP contribution is 2.31. The molecule has 0 atom stereocenters. The van der Waals surface area contributed by atoms with Crippen LogP contribution in [0.4, 0.5) is 15.9 Å². The van der Waals surface area contributed by atoms with Crippen molar-refractivity contribution in [3.63, 3.8) is 0 Å². The molecule has 0 bridgehead atoms. The Morgan fingerprint density at radius 3 is 2.64 bits per heavy atom. The summed E-state index contributed by atoms with van der Waals surface area (Å²) in [7, 11) is 0. The molecular formula is C18H16ClFN4O. The van der Waals surface area contributed by atoms with Crippen LogP contribution in [0.5, 0.6) is 11.6 Å². The number of nitrogens with one attached hydrogen (secondary N) is 1. The van der Waals surface area contributed by atoms with Gasteiger partial charge in [-0.3, -0.25) is 0 Å². The Bertz CT molecular complexity index is 887. The van der Waals surface area contributed by atoms with Crippen molar-refractivity contribution in [1.82, 2.24) is 9.97 Å². The Balaban J connectivity index is 1.75. The molecule has 3 rings (SSSR count). The first kappa shape index (κ1) is 17.0. The minimum Gasteiger partial charge on any atom is -0.437 e. The van der Waals surface area contributed by atoms with Gasteiger partial charge in [0.15, 0.2) is 5.82 Å². The molecule has 0 unspecified atom stereocenters. The van der Waals surface area contributed by atoms with E-state index in [-0.39, 0.29) is 17.4 Å². The molecule has 1 heterocycles. The first-order chi connectivity index (χ1) is 12.0. The zero-order valence-corrected chi connectivity index (χ0v) is 14.2. The van der Waals surface area contributed by atoms with E-state index in [1.807, 2.05) is 6.92 Å². The average Bonchev–Trinajstić information content (AvgIpc) is 2.60. The van der Waals surface area contributed by atoms with Crippen molar-refractivity contribution in [2.24, 2.45) is 0 Å². The molecule has 2 aromatic carbocycles. The van der Waals surface area contributed by atoms with Crippen LogP contribution in [0.15, 0.2) is 48.8 Å². The number of hydrogen-bond donors (Lipinski definition) is 2. The highest BCUT2D eigenvalue weighted by atomic mass is 35.5. The molecule has 0 aliphatic carbocycles. The third kappa shape index (κ3) is 4.16. The Labute approximate surface area is 149 Å². The quantitative estimate of drug-likeness (QED) is 0.699. The minimum absolute atomic E-state index is 0.248. The third-order valence-corrected chi connectivity index (χ3v) is 3.99. The van der Waals surface area contributed by atoms with Crippen LogP contribution in [0.1, 0.15) is 11.1 Å². The van der Waals surface area contributed by atoms with Crippen molar-refractivity contribution < 1.29 is 9.13 Å². The maximum Gasteiger partial charge on any atom is 0.248 e. The fourth-order valence-corrected chi connectivity index (χ4v) is 2.30. The number of ether oxygens (including phenoxy) is 1. The average molecular weight is 359 g/mol. The number of aromatic nitrogens is 2.